The summed E-state index contributed by atoms with van der Waals surface area (Å²) >= 11 is 0. The Bertz CT molecular complexity index is 436. The summed E-state index contributed by atoms with van der Waals surface area (Å²) in [7, 11) is -3.61. The fourth-order valence-electron chi connectivity index (χ4n) is 1.72. The van der Waals surface area contributed by atoms with E-state index in [2.05, 4.69) is 5.32 Å². The number of rotatable bonds is 7. The van der Waals surface area contributed by atoms with Gasteiger partial charge in [-0.2, -0.15) is 8.42 Å². The monoisotopic (exact) mass is 323 g/mol. The summed E-state index contributed by atoms with van der Waals surface area (Å²) < 4.78 is 37.9. The smallest absolute Gasteiger partial charge is 0.407 e. The number of hydrogen-bond acceptors (Lipinski definition) is 6. The van der Waals surface area contributed by atoms with Crippen LogP contribution < -0.4 is 5.32 Å². The fraction of sp³-hybridized carbons (Fsp3) is 0.923. The Kier molecular flexibility index (Phi) is 6.42. The van der Waals surface area contributed by atoms with Crippen molar-refractivity contribution in [2.45, 2.75) is 64.7 Å². The minimum atomic E-state index is -3.61. The van der Waals surface area contributed by atoms with E-state index in [0.717, 1.165) is 0 Å². The molecular formula is C13H25NO6S. The fourth-order valence-corrected chi connectivity index (χ4v) is 2.57. The Morgan fingerprint density at radius 3 is 2.43 bits per heavy atom. The zero-order valence-corrected chi connectivity index (χ0v) is 13.9. The molecule has 8 heteroatoms. The third-order valence-electron chi connectivity index (χ3n) is 2.73. The largest absolute Gasteiger partial charge is 0.444 e. The molecule has 1 amide bonds. The normalized spacial score (nSPS) is 22.5. The summed E-state index contributed by atoms with van der Waals surface area (Å²) in [6.07, 6.45) is 1.13. The summed E-state index contributed by atoms with van der Waals surface area (Å²) in [5.41, 5.74) is -0.533. The van der Waals surface area contributed by atoms with Crippen molar-refractivity contribution in [2.24, 2.45) is 0 Å². The highest BCUT2D eigenvalue weighted by Crippen LogP contribution is 2.24. The topological polar surface area (TPSA) is 90.9 Å². The molecule has 0 spiro atoms. The highest BCUT2D eigenvalue weighted by Gasteiger charge is 2.33. The molecule has 0 aromatic rings. The van der Waals surface area contributed by atoms with Gasteiger partial charge in [0.05, 0.1) is 12.7 Å². The van der Waals surface area contributed by atoms with Gasteiger partial charge < -0.3 is 14.8 Å². The lowest BCUT2D eigenvalue weighted by molar-refractivity contribution is -0.00329. The molecule has 21 heavy (non-hydrogen) atoms. The van der Waals surface area contributed by atoms with Gasteiger partial charge in [-0.25, -0.2) is 4.79 Å². The maximum atomic E-state index is 11.5. The van der Waals surface area contributed by atoms with Crippen LogP contribution >= 0.6 is 0 Å². The highest BCUT2D eigenvalue weighted by molar-refractivity contribution is 7.86. The number of carbonyl (C=O) groups excluding carboxylic acids is 1. The molecule has 1 N–H and O–H groups in total. The van der Waals surface area contributed by atoms with E-state index < -0.39 is 27.8 Å². The van der Waals surface area contributed by atoms with E-state index in [-0.39, 0.29) is 18.8 Å². The van der Waals surface area contributed by atoms with Gasteiger partial charge in [0, 0.05) is 6.04 Å². The van der Waals surface area contributed by atoms with Crippen LogP contribution in [0.25, 0.3) is 0 Å². The molecule has 0 saturated heterocycles. The summed E-state index contributed by atoms with van der Waals surface area (Å²) in [4.78, 5) is 11.5. The predicted molar refractivity (Wildman–Crippen MR) is 77.3 cm³/mol. The molecule has 0 aromatic heterocycles. The molecule has 124 valence electrons. The molecule has 1 saturated carbocycles. The molecule has 0 unspecified atom stereocenters. The van der Waals surface area contributed by atoms with Crippen molar-refractivity contribution in [1.29, 1.82) is 0 Å². The second-order valence-corrected chi connectivity index (χ2v) is 7.69. The molecule has 0 atom stereocenters. The first-order valence-electron chi connectivity index (χ1n) is 7.09. The van der Waals surface area contributed by atoms with Crippen molar-refractivity contribution in [3.63, 3.8) is 0 Å². The first-order chi connectivity index (χ1) is 9.61. The van der Waals surface area contributed by atoms with E-state index in [9.17, 15) is 13.2 Å². The van der Waals surface area contributed by atoms with Crippen molar-refractivity contribution in [3.05, 3.63) is 0 Å². The van der Waals surface area contributed by atoms with E-state index in [1.54, 1.807) is 20.8 Å². The molecule has 0 radical (unpaired) electrons. The van der Waals surface area contributed by atoms with Crippen LogP contribution in [0.3, 0.4) is 0 Å². The van der Waals surface area contributed by atoms with Crippen molar-refractivity contribution in [3.8, 4) is 0 Å². The molecule has 7 nitrogen and oxygen atoms in total. The van der Waals surface area contributed by atoms with E-state index in [4.69, 9.17) is 13.7 Å². The number of alkyl carbamates (subject to hydrolysis) is 1. The van der Waals surface area contributed by atoms with Crippen molar-refractivity contribution in [2.75, 3.05) is 12.5 Å². The van der Waals surface area contributed by atoms with Gasteiger partial charge in [-0.1, -0.05) is 6.92 Å². The molecule has 1 fully saturated rings. The first-order valence-corrected chi connectivity index (χ1v) is 8.67. The lowest BCUT2D eigenvalue weighted by atomic mass is 9.89. The molecule has 1 aliphatic carbocycles. The SMILES string of the molecule is CCCOS(=O)(=O)COC1CC(NC(=O)OC(C)(C)C)C1. The van der Waals surface area contributed by atoms with Crippen LogP contribution in [-0.2, 0) is 23.8 Å². The summed E-state index contributed by atoms with van der Waals surface area (Å²) in [5.74, 6) is -0.448. The lowest BCUT2D eigenvalue weighted by Crippen LogP contribution is -2.49. The van der Waals surface area contributed by atoms with Gasteiger partial charge in [0.1, 0.15) is 5.60 Å². The summed E-state index contributed by atoms with van der Waals surface area (Å²) in [5, 5.41) is 2.71. The van der Waals surface area contributed by atoms with E-state index >= 15 is 0 Å². The molecule has 0 aliphatic heterocycles. The van der Waals surface area contributed by atoms with Gasteiger partial charge in [0.25, 0.3) is 10.1 Å². The van der Waals surface area contributed by atoms with Gasteiger partial charge in [0.15, 0.2) is 5.94 Å². The maximum absolute atomic E-state index is 11.5. The van der Waals surface area contributed by atoms with Crippen LogP contribution in [0.15, 0.2) is 0 Å². The van der Waals surface area contributed by atoms with Crippen molar-refractivity contribution in [1.82, 2.24) is 5.32 Å². The lowest BCUT2D eigenvalue weighted by Gasteiger charge is -2.35. The zero-order chi connectivity index (χ0) is 16.1. The van der Waals surface area contributed by atoms with E-state index in [1.165, 1.54) is 0 Å². The minimum absolute atomic E-state index is 0.0379. The average Bonchev–Trinajstić information content (AvgIpc) is 2.27. The van der Waals surface area contributed by atoms with Crippen LogP contribution in [0, 0.1) is 0 Å². The minimum Gasteiger partial charge on any atom is -0.444 e. The first kappa shape index (κ1) is 18.2. The molecule has 1 aliphatic rings. The molecule has 0 bridgehead atoms. The Balaban J connectivity index is 2.18. The van der Waals surface area contributed by atoms with Gasteiger partial charge in [0.2, 0.25) is 0 Å². The Labute approximate surface area is 126 Å². The standard InChI is InChI=1S/C13H25NO6S/c1-5-6-19-21(16,17)9-18-11-7-10(8-11)14-12(15)20-13(2,3)4/h10-11H,5-9H2,1-4H3,(H,14,15). The van der Waals surface area contributed by atoms with Crippen molar-refractivity contribution >= 4 is 16.2 Å². The molecule has 1 rings (SSSR count). The number of amides is 1. The quantitative estimate of drug-likeness (QED) is 0.718. The maximum Gasteiger partial charge on any atom is 0.407 e. The Morgan fingerprint density at radius 2 is 1.90 bits per heavy atom. The van der Waals surface area contributed by atoms with Crippen LogP contribution in [0.5, 0.6) is 0 Å². The summed E-state index contributed by atoms with van der Waals surface area (Å²) in [6.45, 7) is 7.37. The van der Waals surface area contributed by atoms with Crippen LogP contribution in [0.4, 0.5) is 4.79 Å². The van der Waals surface area contributed by atoms with E-state index in [1.807, 2.05) is 6.92 Å². The average molecular weight is 323 g/mol. The number of nitrogens with one attached hydrogen (secondary N) is 1. The van der Waals surface area contributed by atoms with Crippen molar-refractivity contribution < 1.29 is 26.9 Å². The second kappa shape index (κ2) is 7.42. The second-order valence-electron chi connectivity index (χ2n) is 6.10. The van der Waals surface area contributed by atoms with Crippen LogP contribution in [0.2, 0.25) is 0 Å². The molecule has 0 aromatic carbocycles. The van der Waals surface area contributed by atoms with Gasteiger partial charge in [-0.3, -0.25) is 4.18 Å². The van der Waals surface area contributed by atoms with Gasteiger partial charge in [-0.05, 0) is 40.0 Å². The zero-order valence-electron chi connectivity index (χ0n) is 13.0. The van der Waals surface area contributed by atoms with Crippen LogP contribution in [-0.4, -0.2) is 44.8 Å². The van der Waals surface area contributed by atoms with Gasteiger partial charge in [-0.15, -0.1) is 0 Å². The molecular weight excluding hydrogens is 298 g/mol. The van der Waals surface area contributed by atoms with E-state index in [0.29, 0.717) is 19.3 Å². The third kappa shape index (κ3) is 7.63. The van der Waals surface area contributed by atoms with Gasteiger partial charge >= 0.3 is 6.09 Å². The number of ether oxygens (including phenoxy) is 2. The Morgan fingerprint density at radius 1 is 1.29 bits per heavy atom. The Hall–Kier alpha value is -0.860. The number of carbonyl (C=O) groups is 1. The highest BCUT2D eigenvalue weighted by atomic mass is 32.2. The number of hydrogen-bond donors (Lipinski definition) is 1. The third-order valence-corrected chi connectivity index (χ3v) is 3.68. The summed E-state index contributed by atoms with van der Waals surface area (Å²) in [6, 6.07) is -0.0379. The molecule has 0 heterocycles. The predicted octanol–water partition coefficient (Wildman–Crippen LogP) is 1.77. The van der Waals surface area contributed by atoms with Crippen LogP contribution in [0.1, 0.15) is 47.0 Å².